The summed E-state index contributed by atoms with van der Waals surface area (Å²) in [5.74, 6) is 0.326. The molecular weight excluding hydrogens is 404 g/mol. The Morgan fingerprint density at radius 3 is 2.66 bits per heavy atom. The maximum atomic E-state index is 12.6. The Labute approximate surface area is 188 Å². The number of hydrogen-bond acceptors (Lipinski definition) is 5. The van der Waals surface area contributed by atoms with Gasteiger partial charge >= 0.3 is 5.97 Å². The number of aliphatic hydroxyl groups is 1. The van der Waals surface area contributed by atoms with Crippen molar-refractivity contribution in [3.8, 4) is 11.5 Å². The van der Waals surface area contributed by atoms with E-state index in [4.69, 9.17) is 9.47 Å². The van der Waals surface area contributed by atoms with Crippen LogP contribution in [0.4, 0.5) is 0 Å². The van der Waals surface area contributed by atoms with Gasteiger partial charge in [-0.2, -0.15) is 0 Å². The number of benzene rings is 2. The van der Waals surface area contributed by atoms with Crippen LogP contribution in [0.2, 0.25) is 0 Å². The molecule has 0 amide bonds. The lowest BCUT2D eigenvalue weighted by molar-refractivity contribution is -0.131. The molecule has 2 aliphatic heterocycles. The van der Waals surface area contributed by atoms with Gasteiger partial charge in [0.2, 0.25) is 0 Å². The van der Waals surface area contributed by atoms with Crippen LogP contribution in [0.25, 0.3) is 11.6 Å². The fourth-order valence-corrected chi connectivity index (χ4v) is 3.91. The molecule has 0 unspecified atom stereocenters. The highest BCUT2D eigenvalue weighted by Gasteiger charge is 2.33. The molecule has 2 aromatic rings. The fraction of sp³-hybridized carbons (Fsp3) is 0.296. The minimum atomic E-state index is -0.589. The summed E-state index contributed by atoms with van der Waals surface area (Å²) in [5, 5.41) is 20.9. The predicted octanol–water partition coefficient (Wildman–Crippen LogP) is 5.87. The zero-order valence-corrected chi connectivity index (χ0v) is 18.9. The molecule has 0 fully saturated rings. The fourth-order valence-electron chi connectivity index (χ4n) is 3.91. The number of phenols is 1. The molecule has 5 nitrogen and oxygen atoms in total. The minimum absolute atomic E-state index is 0.0963. The number of carbonyl (C=O) groups excluding carboxylic acids is 1. The second kappa shape index (κ2) is 8.23. The van der Waals surface area contributed by atoms with E-state index in [0.717, 1.165) is 40.9 Å². The number of fused-ring (bicyclic) bond motifs is 1. The van der Waals surface area contributed by atoms with Gasteiger partial charge in [0.15, 0.2) is 11.5 Å². The van der Waals surface area contributed by atoms with E-state index >= 15 is 0 Å². The maximum absolute atomic E-state index is 12.6. The summed E-state index contributed by atoms with van der Waals surface area (Å²) in [6.07, 6.45) is 5.93. The summed E-state index contributed by atoms with van der Waals surface area (Å²) in [6, 6.07) is 10.6. The Kier molecular flexibility index (Phi) is 5.59. The summed E-state index contributed by atoms with van der Waals surface area (Å²) < 4.78 is 11.4. The second-order valence-corrected chi connectivity index (χ2v) is 9.18. The van der Waals surface area contributed by atoms with E-state index in [9.17, 15) is 15.0 Å². The molecule has 2 N–H and O–H groups in total. The van der Waals surface area contributed by atoms with Gasteiger partial charge in [-0.15, -0.1) is 0 Å². The van der Waals surface area contributed by atoms with E-state index in [2.05, 4.69) is 13.8 Å². The zero-order chi connectivity index (χ0) is 23.0. The predicted molar refractivity (Wildman–Crippen MR) is 124 cm³/mol. The number of hydrogen-bond donors (Lipinski definition) is 2. The van der Waals surface area contributed by atoms with E-state index in [1.807, 2.05) is 38.1 Å². The number of ether oxygens (including phenoxy) is 2. The van der Waals surface area contributed by atoms with Crippen LogP contribution in [0.15, 0.2) is 59.6 Å². The van der Waals surface area contributed by atoms with Crippen molar-refractivity contribution in [2.45, 2.75) is 52.6 Å². The molecule has 0 saturated heterocycles. The highest BCUT2D eigenvalue weighted by atomic mass is 16.6. The van der Waals surface area contributed by atoms with E-state index in [-0.39, 0.29) is 28.4 Å². The second-order valence-electron chi connectivity index (χ2n) is 9.18. The molecule has 0 spiro atoms. The minimum Gasteiger partial charge on any atom is -0.508 e. The molecule has 166 valence electrons. The van der Waals surface area contributed by atoms with Gasteiger partial charge in [0.25, 0.3) is 0 Å². The molecule has 0 bridgehead atoms. The van der Waals surface area contributed by atoms with Crippen LogP contribution in [0.1, 0.15) is 56.4 Å². The summed E-state index contributed by atoms with van der Waals surface area (Å²) in [7, 11) is 0. The molecule has 5 heteroatoms. The molecule has 2 aliphatic rings. The van der Waals surface area contributed by atoms with Crippen molar-refractivity contribution in [1.29, 1.82) is 0 Å². The van der Waals surface area contributed by atoms with Gasteiger partial charge in [-0.3, -0.25) is 0 Å². The molecule has 0 radical (unpaired) electrons. The molecule has 0 atom stereocenters. The standard InChI is InChI=1S/C27H28O5/c1-16(2)5-7-18-13-17(6-9-21(18)28)14-23-25(29)24(26(30)31-23)20-8-10-22-19(15-20)11-12-27(3,4)32-22/h5-6,8-10,13-15,28-29H,7,11-12H2,1-4H3/b23-14-. The third-order valence-electron chi connectivity index (χ3n) is 5.74. The number of carbonyl (C=O) groups is 1. The van der Waals surface area contributed by atoms with Crippen LogP contribution in [0, 0.1) is 0 Å². The van der Waals surface area contributed by atoms with E-state index < -0.39 is 5.97 Å². The first kappa shape index (κ1) is 21.8. The van der Waals surface area contributed by atoms with Crippen LogP contribution in [0.5, 0.6) is 11.5 Å². The third kappa shape index (κ3) is 4.42. The average Bonchev–Trinajstić information content (AvgIpc) is 3.00. The van der Waals surface area contributed by atoms with Crippen LogP contribution in [-0.2, 0) is 22.4 Å². The highest BCUT2D eigenvalue weighted by molar-refractivity contribution is 6.21. The van der Waals surface area contributed by atoms with E-state index in [0.29, 0.717) is 12.0 Å². The van der Waals surface area contributed by atoms with Crippen molar-refractivity contribution in [2.24, 2.45) is 0 Å². The molecule has 32 heavy (non-hydrogen) atoms. The Balaban J connectivity index is 1.66. The Hall–Kier alpha value is -3.47. The summed E-state index contributed by atoms with van der Waals surface area (Å²) in [6.45, 7) is 8.11. The lowest BCUT2D eigenvalue weighted by Crippen LogP contribution is -2.32. The topological polar surface area (TPSA) is 76.0 Å². The number of rotatable bonds is 4. The smallest absolute Gasteiger partial charge is 0.348 e. The van der Waals surface area contributed by atoms with Crippen LogP contribution >= 0.6 is 0 Å². The van der Waals surface area contributed by atoms with Gasteiger partial charge in [0, 0.05) is 0 Å². The van der Waals surface area contributed by atoms with Crippen molar-refractivity contribution < 1.29 is 24.5 Å². The van der Waals surface area contributed by atoms with Gasteiger partial charge in [-0.25, -0.2) is 4.79 Å². The molecule has 2 heterocycles. The molecular formula is C27H28O5. The van der Waals surface area contributed by atoms with Crippen molar-refractivity contribution in [3.05, 3.63) is 81.8 Å². The van der Waals surface area contributed by atoms with Crippen molar-refractivity contribution >= 4 is 17.6 Å². The van der Waals surface area contributed by atoms with Gasteiger partial charge in [0.05, 0.1) is 0 Å². The van der Waals surface area contributed by atoms with Crippen LogP contribution in [0.3, 0.4) is 0 Å². The van der Waals surface area contributed by atoms with Crippen molar-refractivity contribution in [3.63, 3.8) is 0 Å². The van der Waals surface area contributed by atoms with Crippen molar-refractivity contribution in [1.82, 2.24) is 0 Å². The van der Waals surface area contributed by atoms with Gasteiger partial charge < -0.3 is 19.7 Å². The average molecular weight is 433 g/mol. The van der Waals surface area contributed by atoms with Gasteiger partial charge in [-0.05, 0) is 99.6 Å². The summed E-state index contributed by atoms with van der Waals surface area (Å²) in [5.41, 5.74) is 4.17. The number of aryl methyl sites for hydroxylation is 1. The highest BCUT2D eigenvalue weighted by Crippen LogP contribution is 2.38. The van der Waals surface area contributed by atoms with E-state index in [1.165, 1.54) is 0 Å². The number of esters is 1. The molecule has 0 aliphatic carbocycles. The van der Waals surface area contributed by atoms with Crippen molar-refractivity contribution in [2.75, 3.05) is 0 Å². The number of aliphatic hydroxyl groups excluding tert-OH is 1. The monoisotopic (exact) mass is 432 g/mol. The first-order valence-corrected chi connectivity index (χ1v) is 10.8. The number of aromatic hydroxyl groups is 1. The SMILES string of the molecule is CC(C)=CCc1cc(/C=C2\OC(=O)C(c3ccc4c(c3)CCC(C)(C)O4)=C2O)ccc1O. The Morgan fingerprint density at radius 2 is 1.91 bits per heavy atom. The van der Waals surface area contributed by atoms with E-state index in [1.54, 1.807) is 24.3 Å². The number of cyclic esters (lactones) is 1. The van der Waals surface area contributed by atoms with Crippen LogP contribution in [-0.4, -0.2) is 21.8 Å². The molecule has 0 aromatic heterocycles. The first-order chi connectivity index (χ1) is 15.1. The maximum Gasteiger partial charge on any atom is 0.348 e. The lowest BCUT2D eigenvalue weighted by atomic mass is 9.92. The summed E-state index contributed by atoms with van der Waals surface area (Å²) in [4.78, 5) is 12.6. The number of allylic oxidation sites excluding steroid dienone is 2. The molecule has 0 saturated carbocycles. The van der Waals surface area contributed by atoms with Crippen LogP contribution < -0.4 is 4.74 Å². The largest absolute Gasteiger partial charge is 0.508 e. The Morgan fingerprint density at radius 1 is 1.12 bits per heavy atom. The van der Waals surface area contributed by atoms with Gasteiger partial charge in [-0.1, -0.05) is 23.8 Å². The summed E-state index contributed by atoms with van der Waals surface area (Å²) >= 11 is 0. The first-order valence-electron chi connectivity index (χ1n) is 10.8. The number of phenolic OH excluding ortho intramolecular Hbond substituents is 1. The Bertz CT molecular complexity index is 1180. The normalized spacial score (nSPS) is 18.2. The zero-order valence-electron chi connectivity index (χ0n) is 18.9. The third-order valence-corrected chi connectivity index (χ3v) is 5.74. The molecule has 2 aromatic carbocycles. The molecule has 4 rings (SSSR count). The van der Waals surface area contributed by atoms with Gasteiger partial charge in [0.1, 0.15) is 22.7 Å². The lowest BCUT2D eigenvalue weighted by Gasteiger charge is -2.32. The quantitative estimate of drug-likeness (QED) is 0.467.